The van der Waals surface area contributed by atoms with Crippen LogP contribution in [0.2, 0.25) is 5.15 Å². The molecule has 0 radical (unpaired) electrons. The van der Waals surface area contributed by atoms with E-state index in [0.29, 0.717) is 11.6 Å². The van der Waals surface area contributed by atoms with Gasteiger partial charge in [-0.3, -0.25) is 0 Å². The van der Waals surface area contributed by atoms with Crippen LogP contribution in [0.5, 0.6) is 0 Å². The monoisotopic (exact) mass is 200 g/mol. The Bertz CT molecular complexity index is 268. The van der Waals surface area contributed by atoms with Crippen LogP contribution >= 0.6 is 11.6 Å². The van der Waals surface area contributed by atoms with Gasteiger partial charge in [0, 0.05) is 12.6 Å². The third kappa shape index (κ3) is 3.61. The van der Waals surface area contributed by atoms with Gasteiger partial charge in [-0.25, -0.2) is 4.98 Å². The molecule has 1 atom stereocenters. The molecule has 13 heavy (non-hydrogen) atoms. The van der Waals surface area contributed by atoms with Gasteiger partial charge in [-0.05, 0) is 25.5 Å². The first kappa shape index (κ1) is 10.3. The van der Waals surface area contributed by atoms with Gasteiger partial charge in [0.25, 0.3) is 0 Å². The van der Waals surface area contributed by atoms with Crippen LogP contribution in [0.15, 0.2) is 18.2 Å². The summed E-state index contributed by atoms with van der Waals surface area (Å²) in [6, 6.07) is 5.61. The molecule has 0 aliphatic rings. The minimum absolute atomic E-state index is 0.175. The molecule has 72 valence electrons. The summed E-state index contributed by atoms with van der Waals surface area (Å²) in [4.78, 5) is 4.07. The number of aliphatic hydroxyl groups is 1. The highest BCUT2D eigenvalue weighted by Gasteiger charge is 2.01. The van der Waals surface area contributed by atoms with Gasteiger partial charge in [0.15, 0.2) is 0 Å². The number of nitrogens with zero attached hydrogens (tertiary/aromatic N) is 1. The molecule has 4 heteroatoms. The van der Waals surface area contributed by atoms with Gasteiger partial charge in [0.1, 0.15) is 11.0 Å². The fourth-order valence-electron chi connectivity index (χ4n) is 1.01. The zero-order chi connectivity index (χ0) is 9.68. The van der Waals surface area contributed by atoms with E-state index < -0.39 is 0 Å². The molecule has 3 nitrogen and oxygen atoms in total. The van der Waals surface area contributed by atoms with Crippen molar-refractivity contribution in [2.45, 2.75) is 19.4 Å². The van der Waals surface area contributed by atoms with E-state index in [1.165, 1.54) is 0 Å². The fourth-order valence-corrected chi connectivity index (χ4v) is 1.17. The van der Waals surface area contributed by atoms with Crippen LogP contribution in [0, 0.1) is 0 Å². The maximum atomic E-state index is 8.68. The molecule has 0 fully saturated rings. The zero-order valence-corrected chi connectivity index (χ0v) is 8.25. The number of hydrogen-bond acceptors (Lipinski definition) is 3. The van der Waals surface area contributed by atoms with E-state index >= 15 is 0 Å². The minimum atomic E-state index is 0.175. The molecular weight excluding hydrogens is 188 g/mol. The van der Waals surface area contributed by atoms with E-state index in [1.807, 2.05) is 19.1 Å². The molecule has 0 amide bonds. The van der Waals surface area contributed by atoms with Crippen molar-refractivity contribution in [1.29, 1.82) is 0 Å². The average molecular weight is 201 g/mol. The topological polar surface area (TPSA) is 45.1 Å². The predicted molar refractivity (Wildman–Crippen MR) is 54.0 cm³/mol. The Morgan fingerprint density at radius 2 is 2.38 bits per heavy atom. The van der Waals surface area contributed by atoms with E-state index in [4.69, 9.17) is 16.7 Å². The number of hydrogen-bond donors (Lipinski definition) is 2. The van der Waals surface area contributed by atoms with E-state index in [9.17, 15) is 0 Å². The second-order valence-corrected chi connectivity index (χ2v) is 3.29. The largest absolute Gasteiger partial charge is 0.396 e. The maximum Gasteiger partial charge on any atom is 0.131 e. The van der Waals surface area contributed by atoms with Crippen molar-refractivity contribution < 1.29 is 5.11 Å². The van der Waals surface area contributed by atoms with Crippen molar-refractivity contribution in [3.63, 3.8) is 0 Å². The molecule has 0 aliphatic heterocycles. The average Bonchev–Trinajstić information content (AvgIpc) is 2.04. The SMILES string of the molecule is CC(CCO)Nc1cccc(Cl)n1. The summed E-state index contributed by atoms with van der Waals surface area (Å²) >= 11 is 5.70. The van der Waals surface area contributed by atoms with Crippen molar-refractivity contribution in [2.75, 3.05) is 11.9 Å². The van der Waals surface area contributed by atoms with Gasteiger partial charge in [-0.1, -0.05) is 17.7 Å². The summed E-state index contributed by atoms with van der Waals surface area (Å²) in [5.74, 6) is 0.744. The van der Waals surface area contributed by atoms with Crippen molar-refractivity contribution in [3.8, 4) is 0 Å². The van der Waals surface area contributed by atoms with Crippen LogP contribution in [0.1, 0.15) is 13.3 Å². The number of rotatable bonds is 4. The number of anilines is 1. The predicted octanol–water partition coefficient (Wildman–Crippen LogP) is 1.92. The Kier molecular flexibility index (Phi) is 3.99. The normalized spacial score (nSPS) is 12.5. The maximum absolute atomic E-state index is 8.68. The van der Waals surface area contributed by atoms with E-state index in [2.05, 4.69) is 10.3 Å². The summed E-state index contributed by atoms with van der Waals surface area (Å²) in [7, 11) is 0. The Morgan fingerprint density at radius 1 is 1.62 bits per heavy atom. The standard InChI is InChI=1S/C9H13ClN2O/c1-7(5-6-13)11-9-4-2-3-8(10)12-9/h2-4,7,13H,5-6H2,1H3,(H,11,12). The van der Waals surface area contributed by atoms with Crippen LogP contribution in [-0.2, 0) is 0 Å². The molecule has 1 rings (SSSR count). The lowest BCUT2D eigenvalue weighted by molar-refractivity contribution is 0.282. The summed E-state index contributed by atoms with van der Waals surface area (Å²) in [5.41, 5.74) is 0. The summed E-state index contributed by atoms with van der Waals surface area (Å²) in [5, 5.41) is 12.3. The molecule has 1 unspecified atom stereocenters. The first-order valence-electron chi connectivity index (χ1n) is 4.22. The van der Waals surface area contributed by atoms with Crippen LogP contribution < -0.4 is 5.32 Å². The van der Waals surface area contributed by atoms with Gasteiger partial charge in [0.05, 0.1) is 0 Å². The summed E-state index contributed by atoms with van der Waals surface area (Å²) in [6.45, 7) is 2.16. The third-order valence-corrected chi connectivity index (χ3v) is 1.88. The highest BCUT2D eigenvalue weighted by atomic mass is 35.5. The molecule has 1 aromatic rings. The molecule has 0 saturated heterocycles. The minimum Gasteiger partial charge on any atom is -0.396 e. The number of halogens is 1. The second kappa shape index (κ2) is 5.04. The van der Waals surface area contributed by atoms with Crippen molar-refractivity contribution in [3.05, 3.63) is 23.4 Å². The molecule has 0 saturated carbocycles. The lowest BCUT2D eigenvalue weighted by atomic mass is 10.2. The van der Waals surface area contributed by atoms with Gasteiger partial charge < -0.3 is 10.4 Å². The highest BCUT2D eigenvalue weighted by molar-refractivity contribution is 6.29. The second-order valence-electron chi connectivity index (χ2n) is 2.90. The van der Waals surface area contributed by atoms with Crippen LogP contribution in [0.4, 0.5) is 5.82 Å². The van der Waals surface area contributed by atoms with Gasteiger partial charge in [-0.2, -0.15) is 0 Å². The fraction of sp³-hybridized carbons (Fsp3) is 0.444. The number of nitrogens with one attached hydrogen (secondary N) is 1. The van der Waals surface area contributed by atoms with Crippen LogP contribution in [0.25, 0.3) is 0 Å². The van der Waals surface area contributed by atoms with Crippen LogP contribution in [0.3, 0.4) is 0 Å². The lowest BCUT2D eigenvalue weighted by Crippen LogP contribution is -2.17. The van der Waals surface area contributed by atoms with E-state index in [0.717, 1.165) is 5.82 Å². The molecule has 1 aromatic heterocycles. The highest BCUT2D eigenvalue weighted by Crippen LogP contribution is 2.10. The van der Waals surface area contributed by atoms with Crippen LogP contribution in [-0.4, -0.2) is 22.7 Å². The molecule has 0 spiro atoms. The molecule has 2 N–H and O–H groups in total. The molecular formula is C9H13ClN2O. The van der Waals surface area contributed by atoms with Gasteiger partial charge in [0.2, 0.25) is 0 Å². The van der Waals surface area contributed by atoms with Crippen molar-refractivity contribution in [1.82, 2.24) is 4.98 Å². The lowest BCUT2D eigenvalue weighted by Gasteiger charge is -2.12. The quantitative estimate of drug-likeness (QED) is 0.730. The number of pyridine rings is 1. The Morgan fingerprint density at radius 3 is 3.00 bits per heavy atom. The van der Waals surface area contributed by atoms with Gasteiger partial charge >= 0.3 is 0 Å². The molecule has 0 bridgehead atoms. The molecule has 0 aliphatic carbocycles. The number of aliphatic hydroxyl groups excluding tert-OH is 1. The third-order valence-electron chi connectivity index (χ3n) is 1.67. The summed E-state index contributed by atoms with van der Waals surface area (Å²) < 4.78 is 0. The first-order chi connectivity index (χ1) is 6.22. The van der Waals surface area contributed by atoms with Crippen molar-refractivity contribution in [2.24, 2.45) is 0 Å². The molecule has 0 aromatic carbocycles. The molecule has 1 heterocycles. The van der Waals surface area contributed by atoms with Crippen molar-refractivity contribution >= 4 is 17.4 Å². The first-order valence-corrected chi connectivity index (χ1v) is 4.60. The summed E-state index contributed by atoms with van der Waals surface area (Å²) in [6.07, 6.45) is 0.703. The van der Waals surface area contributed by atoms with E-state index in [1.54, 1.807) is 6.07 Å². The zero-order valence-electron chi connectivity index (χ0n) is 7.50. The Hall–Kier alpha value is -0.800. The van der Waals surface area contributed by atoms with Gasteiger partial charge in [-0.15, -0.1) is 0 Å². The van der Waals surface area contributed by atoms with E-state index in [-0.39, 0.29) is 12.6 Å². The Balaban J connectivity index is 2.53. The Labute approximate surface area is 82.8 Å². The smallest absolute Gasteiger partial charge is 0.131 e. The number of aromatic nitrogens is 1.